The monoisotopic (exact) mass is 858 g/mol. The average Bonchev–Trinajstić information content (AvgIpc) is 3.18. The first kappa shape index (κ1) is 47.5. The predicted octanol–water partition coefficient (Wildman–Crippen LogP) is 12.2. The minimum atomic E-state index is -0.0465. The van der Waals surface area contributed by atoms with Gasteiger partial charge >= 0.3 is 45.2 Å². The van der Waals surface area contributed by atoms with Crippen molar-refractivity contribution in [3.8, 4) is 0 Å². The van der Waals surface area contributed by atoms with Crippen LogP contribution < -0.4 is 0 Å². The Balaban J connectivity index is 0.000000731. The van der Waals surface area contributed by atoms with Crippen LogP contribution in [0.15, 0.2) is 0 Å². The fourth-order valence-electron chi connectivity index (χ4n) is 10.6. The van der Waals surface area contributed by atoms with Crippen molar-refractivity contribution in [3.63, 3.8) is 0 Å². The largest absolute Gasteiger partial charge is 0 e. The van der Waals surface area contributed by atoms with Crippen molar-refractivity contribution in [2.24, 2.45) is 0 Å². The summed E-state index contributed by atoms with van der Waals surface area (Å²) >= 11 is 0. The molecule has 0 saturated heterocycles. The Bertz CT molecular complexity index is 617. The van der Waals surface area contributed by atoms with Gasteiger partial charge in [-0.05, 0) is 154 Å². The van der Waals surface area contributed by atoms with Gasteiger partial charge in [0.2, 0.25) is 0 Å². The van der Waals surface area contributed by atoms with Crippen LogP contribution in [0, 0.1) is 26.6 Å². The minimum absolute atomic E-state index is 0. The molecular formula is C40H68O4P2W+2. The topological polar surface area (TPSA) is 79.6 Å². The fraction of sp³-hybridized carbons (Fsp3) is 0.900. The molecular weight excluding hydrogens is 790 g/mol. The van der Waals surface area contributed by atoms with Gasteiger partial charge in [-0.1, -0.05) is 38.5 Å². The van der Waals surface area contributed by atoms with E-state index < -0.39 is 0 Å². The summed E-state index contributed by atoms with van der Waals surface area (Å²) in [4.78, 5) is 0. The van der Waals surface area contributed by atoms with Crippen molar-refractivity contribution < 1.29 is 39.7 Å². The summed E-state index contributed by atoms with van der Waals surface area (Å²) in [6.45, 7) is 18.0. The zero-order chi connectivity index (χ0) is 33.8. The van der Waals surface area contributed by atoms with Gasteiger partial charge in [0.25, 0.3) is 0 Å². The Morgan fingerprint density at radius 1 is 0.234 bits per heavy atom. The van der Waals surface area contributed by atoms with Gasteiger partial charge in [0, 0.05) is 36.9 Å². The summed E-state index contributed by atoms with van der Waals surface area (Å²) in [7, 11) is -0.0930. The molecule has 6 aliphatic rings. The molecule has 0 amide bonds. The Kier molecular flexibility index (Phi) is 32.8. The number of rotatable bonds is 6. The van der Waals surface area contributed by atoms with Gasteiger partial charge < -0.3 is 0 Å². The second kappa shape index (κ2) is 32.4. The molecule has 266 valence electrons. The molecule has 0 radical (unpaired) electrons. The molecule has 6 aliphatic carbocycles. The maximum absolute atomic E-state index is 7.50. The van der Waals surface area contributed by atoms with Gasteiger partial charge in [-0.25, -0.2) is 0 Å². The van der Waals surface area contributed by atoms with Crippen LogP contribution in [0.25, 0.3) is 0 Å². The van der Waals surface area contributed by atoms with E-state index in [0.29, 0.717) is 0 Å². The molecule has 0 N–H and O–H groups in total. The van der Waals surface area contributed by atoms with E-state index in [9.17, 15) is 0 Å². The van der Waals surface area contributed by atoms with Gasteiger partial charge in [-0.15, -0.1) is 0 Å². The van der Waals surface area contributed by atoms with Crippen LogP contribution in [-0.4, -0.2) is 34.0 Å². The summed E-state index contributed by atoms with van der Waals surface area (Å²) < 4.78 is 30.0. The van der Waals surface area contributed by atoms with Crippen LogP contribution in [0.4, 0.5) is 0 Å². The van der Waals surface area contributed by atoms with Crippen molar-refractivity contribution in [3.05, 3.63) is 26.6 Å². The zero-order valence-corrected chi connectivity index (χ0v) is 34.7. The predicted molar refractivity (Wildman–Crippen MR) is 194 cm³/mol. The average molecular weight is 859 g/mol. The molecule has 47 heavy (non-hydrogen) atoms. The molecule has 0 heterocycles. The summed E-state index contributed by atoms with van der Waals surface area (Å²) in [5.74, 6) is 0. The van der Waals surface area contributed by atoms with Crippen LogP contribution in [-0.2, 0) is 39.7 Å². The summed E-state index contributed by atoms with van der Waals surface area (Å²) in [5.41, 5.74) is 7.36. The van der Waals surface area contributed by atoms with Gasteiger partial charge in [0.05, 0.1) is 34.0 Å². The van der Waals surface area contributed by atoms with E-state index >= 15 is 0 Å². The van der Waals surface area contributed by atoms with Gasteiger partial charge in [0.1, 0.15) is 0 Å². The van der Waals surface area contributed by atoms with Crippen molar-refractivity contribution >= 4 is 15.8 Å². The molecule has 0 unspecified atom stereocenters. The van der Waals surface area contributed by atoms with Gasteiger partial charge in [-0.3, -0.25) is 0 Å². The first-order valence-electron chi connectivity index (χ1n) is 19.4. The molecule has 4 nitrogen and oxygen atoms in total. The van der Waals surface area contributed by atoms with Gasteiger partial charge in [-0.2, -0.15) is 0 Å². The fourth-order valence-corrected chi connectivity index (χ4v) is 21.1. The Labute approximate surface area is 307 Å². The third-order valence-electron chi connectivity index (χ3n) is 12.5. The summed E-state index contributed by atoms with van der Waals surface area (Å²) in [5, 5.41) is 0. The molecule has 6 fully saturated rings. The van der Waals surface area contributed by atoms with Crippen molar-refractivity contribution in [2.75, 3.05) is 0 Å². The van der Waals surface area contributed by atoms with Crippen LogP contribution >= 0.6 is 15.8 Å². The van der Waals surface area contributed by atoms with E-state index in [0.717, 1.165) is 0 Å². The third kappa shape index (κ3) is 17.5. The second-order valence-electron chi connectivity index (χ2n) is 15.0. The number of hydrogen-bond donors (Lipinski definition) is 0. The smallest absolute Gasteiger partial charge is 0 e. The van der Waals surface area contributed by atoms with Crippen molar-refractivity contribution in [2.45, 2.75) is 227 Å². The first-order chi connectivity index (χ1) is 22.9. The van der Waals surface area contributed by atoms with Crippen LogP contribution in [0.5, 0.6) is 0 Å². The maximum atomic E-state index is 7.50. The van der Waals surface area contributed by atoms with Crippen LogP contribution in [0.3, 0.4) is 0 Å². The van der Waals surface area contributed by atoms with Crippen LogP contribution in [0.2, 0.25) is 0 Å². The molecule has 0 aromatic heterocycles. The quantitative estimate of drug-likeness (QED) is 0.145. The normalized spacial score (nSPS) is 23.5. The Hall–Kier alpha value is 0.508. The van der Waals surface area contributed by atoms with Crippen LogP contribution in [0.1, 0.15) is 193 Å². The van der Waals surface area contributed by atoms with Crippen molar-refractivity contribution in [1.82, 2.24) is 0 Å². The Morgan fingerprint density at radius 3 is 0.447 bits per heavy atom. The van der Waals surface area contributed by atoms with E-state index in [-0.39, 0.29) is 36.9 Å². The van der Waals surface area contributed by atoms with Gasteiger partial charge in [0.15, 0.2) is 0 Å². The molecule has 0 spiro atoms. The van der Waals surface area contributed by atoms with E-state index in [2.05, 4.69) is 26.6 Å². The second-order valence-corrected chi connectivity index (χ2v) is 21.9. The molecule has 0 aromatic rings. The number of hydrogen-bond acceptors (Lipinski definition) is 0. The molecule has 7 heteroatoms. The van der Waals surface area contributed by atoms with E-state index in [4.69, 9.17) is 18.6 Å². The van der Waals surface area contributed by atoms with E-state index in [1.807, 2.05) is 0 Å². The zero-order valence-electron chi connectivity index (χ0n) is 29.7. The molecule has 0 bridgehead atoms. The maximum Gasteiger partial charge on any atom is 0 e. The summed E-state index contributed by atoms with van der Waals surface area (Å²) in [6, 6.07) is 0. The first-order valence-corrected chi connectivity index (χ1v) is 22.9. The standard InChI is InChI=1S/2C18H33P.4CO.W/c2*1-4-10-16(11-5-1)19(17-12-6-2-7-13-17)18-14-8-3-9-15-18;4*1-2;/h2*16-18H,1-15H2;;;;;/p+2. The third-order valence-corrected chi connectivity index (χ3v) is 21.6. The van der Waals surface area contributed by atoms with Crippen molar-refractivity contribution in [1.29, 1.82) is 0 Å². The molecule has 0 atom stereocenters. The molecule has 6 rings (SSSR count). The molecule has 6 saturated carbocycles. The molecule has 0 aromatic carbocycles. The SMILES string of the molecule is C1CCC([PH+](C2CCCCC2)C2CCCCC2)CC1.C1CCC([PH+](C2CCCCC2)C2CCCCC2)CC1.[C-]#[O+].[C-]#[O+].[C-]#[O+].[C-]#[O+].[W]. The minimum Gasteiger partial charge on any atom is 0 e. The van der Waals surface area contributed by atoms with E-state index in [1.54, 1.807) is 193 Å². The Morgan fingerprint density at radius 2 is 0.340 bits per heavy atom. The van der Waals surface area contributed by atoms with E-state index in [1.165, 1.54) is 34.0 Å². The molecule has 0 aliphatic heterocycles. The summed E-state index contributed by atoms with van der Waals surface area (Å²) in [6.07, 6.45) is 47.6.